The van der Waals surface area contributed by atoms with Gasteiger partial charge in [0.1, 0.15) is 27.9 Å². The molecule has 0 unspecified atom stereocenters. The van der Waals surface area contributed by atoms with Crippen molar-refractivity contribution in [3.63, 3.8) is 0 Å². The third kappa shape index (κ3) is 5.91. The SMILES string of the molecule is C/[N+](C[Si](C)(C)C)=C1\OCc2ccccc21.O=S(=O)([O-])C(F)(F)F. The molecule has 0 aromatic heterocycles. The van der Waals surface area contributed by atoms with Crippen LogP contribution in [-0.4, -0.2) is 50.2 Å². The molecule has 0 fully saturated rings. The molecule has 0 N–H and O–H groups in total. The molecule has 5 nitrogen and oxygen atoms in total. The second-order valence-corrected chi connectivity index (χ2v) is 13.4. The van der Waals surface area contributed by atoms with E-state index in [-0.39, 0.29) is 0 Å². The van der Waals surface area contributed by atoms with Crippen molar-refractivity contribution in [2.75, 3.05) is 13.2 Å². The van der Waals surface area contributed by atoms with Crippen LogP contribution in [0.3, 0.4) is 0 Å². The van der Waals surface area contributed by atoms with Crippen molar-refractivity contribution in [1.82, 2.24) is 0 Å². The Morgan fingerprint density at radius 2 is 1.75 bits per heavy atom. The van der Waals surface area contributed by atoms with Crippen molar-refractivity contribution < 1.29 is 35.5 Å². The first kappa shape index (κ1) is 20.7. The zero-order valence-electron chi connectivity index (χ0n) is 13.8. The minimum Gasteiger partial charge on any atom is -0.741 e. The number of hydrogen-bond acceptors (Lipinski definition) is 4. The number of alkyl halides is 3. The summed E-state index contributed by atoms with van der Waals surface area (Å²) < 4.78 is 67.0. The van der Waals surface area contributed by atoms with Crippen LogP contribution in [0.4, 0.5) is 13.2 Å². The molecule has 24 heavy (non-hydrogen) atoms. The van der Waals surface area contributed by atoms with Crippen molar-refractivity contribution >= 4 is 24.1 Å². The lowest BCUT2D eigenvalue weighted by atomic mass is 10.1. The van der Waals surface area contributed by atoms with Gasteiger partial charge in [0.25, 0.3) is 0 Å². The second-order valence-electron chi connectivity index (χ2n) is 6.57. The van der Waals surface area contributed by atoms with E-state index in [2.05, 4.69) is 55.5 Å². The van der Waals surface area contributed by atoms with Gasteiger partial charge < -0.3 is 9.29 Å². The van der Waals surface area contributed by atoms with E-state index in [1.54, 1.807) is 0 Å². The largest absolute Gasteiger partial charge is 0.741 e. The lowest BCUT2D eigenvalue weighted by molar-refractivity contribution is -0.488. The Balaban J connectivity index is 0.000000307. The van der Waals surface area contributed by atoms with Gasteiger partial charge in [-0.3, -0.25) is 0 Å². The summed E-state index contributed by atoms with van der Waals surface area (Å²) in [5, 5.41) is 0. The highest BCUT2D eigenvalue weighted by atomic mass is 32.2. The zero-order valence-corrected chi connectivity index (χ0v) is 15.7. The van der Waals surface area contributed by atoms with Crippen molar-refractivity contribution in [3.05, 3.63) is 35.4 Å². The van der Waals surface area contributed by atoms with E-state index < -0.39 is 23.7 Å². The molecule has 0 aliphatic carbocycles. The molecule has 2 rings (SSSR count). The second kappa shape index (κ2) is 7.24. The zero-order chi connectivity index (χ0) is 18.8. The van der Waals surface area contributed by atoms with Gasteiger partial charge in [-0.15, -0.1) is 0 Å². The summed E-state index contributed by atoms with van der Waals surface area (Å²) in [5.41, 5.74) is -3.07. The van der Waals surface area contributed by atoms with E-state index in [4.69, 9.17) is 17.7 Å². The summed E-state index contributed by atoms with van der Waals surface area (Å²) in [6.45, 7) is 7.86. The Morgan fingerprint density at radius 3 is 2.21 bits per heavy atom. The number of hydrogen-bond donors (Lipinski definition) is 0. The summed E-state index contributed by atoms with van der Waals surface area (Å²) in [6.07, 6.45) is 1.14. The summed E-state index contributed by atoms with van der Waals surface area (Å²) in [7, 11) is -5.04. The van der Waals surface area contributed by atoms with E-state index in [9.17, 15) is 13.2 Å². The molecule has 1 aliphatic heterocycles. The topological polar surface area (TPSA) is 69.4 Å². The normalized spacial score (nSPS) is 16.7. The highest BCUT2D eigenvalue weighted by Crippen LogP contribution is 2.21. The first-order chi connectivity index (χ1) is 10.7. The number of halogens is 3. The van der Waals surface area contributed by atoms with E-state index in [0.29, 0.717) is 0 Å². The number of rotatable bonds is 2. The summed E-state index contributed by atoms with van der Waals surface area (Å²) in [5.74, 6) is 1.05. The fourth-order valence-corrected chi connectivity index (χ4v) is 3.74. The van der Waals surface area contributed by atoms with E-state index in [0.717, 1.165) is 18.7 Å². The van der Waals surface area contributed by atoms with Crippen LogP contribution >= 0.6 is 0 Å². The highest BCUT2D eigenvalue weighted by molar-refractivity contribution is 7.86. The smallest absolute Gasteiger partial charge is 0.485 e. The number of ether oxygens (including phenoxy) is 1. The Bertz CT molecular complexity index is 724. The molecule has 0 saturated carbocycles. The number of benzene rings is 1. The van der Waals surface area contributed by atoms with Crippen LogP contribution in [0.1, 0.15) is 11.1 Å². The Kier molecular flexibility index (Phi) is 6.23. The highest BCUT2D eigenvalue weighted by Gasteiger charge is 2.37. The third-order valence-electron chi connectivity index (χ3n) is 2.95. The van der Waals surface area contributed by atoms with Gasteiger partial charge in [-0.1, -0.05) is 37.8 Å². The first-order valence-electron chi connectivity index (χ1n) is 7.04. The van der Waals surface area contributed by atoms with Crippen molar-refractivity contribution in [2.24, 2.45) is 0 Å². The van der Waals surface area contributed by atoms with Crippen LogP contribution in [-0.2, 0) is 21.5 Å². The number of nitrogens with zero attached hydrogens (tertiary/aromatic N) is 1. The van der Waals surface area contributed by atoms with Gasteiger partial charge in [-0.05, 0) is 6.07 Å². The standard InChI is InChI=1S/C13H20NOSi.CHF3O3S/c1-14(10-16(2,3)4)13-12-8-6-5-7-11(12)9-15-13;2-1(3,4)8(5,6)7/h5-8H,9-10H2,1-4H3;(H,5,6,7)/q+1;/p-1/b14-13+;. The molecule has 0 amide bonds. The third-order valence-corrected chi connectivity index (χ3v) is 4.94. The molecule has 0 bridgehead atoms. The molecule has 0 atom stereocenters. The fourth-order valence-electron chi connectivity index (χ4n) is 2.18. The monoisotopic (exact) mass is 383 g/mol. The van der Waals surface area contributed by atoms with Crippen molar-refractivity contribution in [3.8, 4) is 0 Å². The Hall–Kier alpha value is -1.39. The van der Waals surface area contributed by atoms with Gasteiger partial charge in [0.2, 0.25) is 0 Å². The maximum atomic E-state index is 10.7. The van der Waals surface area contributed by atoms with Gasteiger partial charge in [0.15, 0.2) is 10.1 Å². The quantitative estimate of drug-likeness (QED) is 0.341. The van der Waals surface area contributed by atoms with Gasteiger partial charge in [0, 0.05) is 5.56 Å². The average molecular weight is 383 g/mol. The Labute approximate surface area is 140 Å². The molecule has 1 aromatic rings. The van der Waals surface area contributed by atoms with E-state index >= 15 is 0 Å². The van der Waals surface area contributed by atoms with Crippen LogP contribution in [0.2, 0.25) is 19.6 Å². The van der Waals surface area contributed by atoms with Gasteiger partial charge in [-0.2, -0.15) is 13.2 Å². The average Bonchev–Trinajstić information content (AvgIpc) is 2.78. The predicted molar refractivity (Wildman–Crippen MR) is 85.5 cm³/mol. The molecule has 0 spiro atoms. The number of fused-ring (bicyclic) bond motifs is 1. The molecule has 0 radical (unpaired) electrons. The van der Waals surface area contributed by atoms with E-state index in [1.807, 2.05) is 0 Å². The summed E-state index contributed by atoms with van der Waals surface area (Å²) in [6, 6.07) is 8.45. The van der Waals surface area contributed by atoms with Gasteiger partial charge >= 0.3 is 11.4 Å². The maximum absolute atomic E-state index is 10.7. The van der Waals surface area contributed by atoms with Crippen molar-refractivity contribution in [2.45, 2.75) is 31.8 Å². The van der Waals surface area contributed by atoms with Gasteiger partial charge in [0.05, 0.1) is 5.56 Å². The van der Waals surface area contributed by atoms with Crippen LogP contribution in [0.5, 0.6) is 0 Å². The lowest BCUT2D eigenvalue weighted by Crippen LogP contribution is -2.36. The molecular weight excluding hydrogens is 363 g/mol. The van der Waals surface area contributed by atoms with Crippen LogP contribution in [0, 0.1) is 0 Å². The van der Waals surface area contributed by atoms with Crippen LogP contribution in [0.15, 0.2) is 24.3 Å². The molecule has 1 aromatic carbocycles. The maximum Gasteiger partial charge on any atom is 0.485 e. The van der Waals surface area contributed by atoms with Gasteiger partial charge in [-0.25, -0.2) is 13.0 Å². The first-order valence-corrected chi connectivity index (χ1v) is 12.2. The lowest BCUT2D eigenvalue weighted by Gasteiger charge is -2.12. The minimum atomic E-state index is -6.09. The molecule has 1 heterocycles. The summed E-state index contributed by atoms with van der Waals surface area (Å²) in [4.78, 5) is 0. The molecule has 136 valence electrons. The molecule has 10 heteroatoms. The summed E-state index contributed by atoms with van der Waals surface area (Å²) >= 11 is 0. The van der Waals surface area contributed by atoms with E-state index in [1.165, 1.54) is 11.1 Å². The molecule has 0 saturated heterocycles. The minimum absolute atomic E-state index is 0.724. The Morgan fingerprint density at radius 1 is 1.25 bits per heavy atom. The van der Waals surface area contributed by atoms with Crippen molar-refractivity contribution in [1.29, 1.82) is 0 Å². The van der Waals surface area contributed by atoms with Crippen LogP contribution in [0.25, 0.3) is 0 Å². The molecule has 1 aliphatic rings. The molecular formula is C14H20F3NO4SSi. The fraction of sp³-hybridized carbons (Fsp3) is 0.500. The predicted octanol–water partition coefficient (Wildman–Crippen LogP) is 2.53. The van der Waals surface area contributed by atoms with Crippen LogP contribution < -0.4 is 0 Å².